The highest BCUT2D eigenvalue weighted by Crippen LogP contribution is 2.31. The van der Waals surface area contributed by atoms with Crippen molar-refractivity contribution in [1.29, 1.82) is 0 Å². The Morgan fingerprint density at radius 3 is 2.45 bits per heavy atom. The van der Waals surface area contributed by atoms with Crippen LogP contribution in [-0.2, 0) is 9.53 Å². The molecule has 0 bridgehead atoms. The van der Waals surface area contributed by atoms with E-state index in [0.29, 0.717) is 12.8 Å². The van der Waals surface area contributed by atoms with Gasteiger partial charge in [-0.15, -0.1) is 12.4 Å². The van der Waals surface area contributed by atoms with Crippen molar-refractivity contribution < 1.29 is 14.6 Å². The molecule has 1 saturated carbocycles. The Kier molecular flexibility index (Phi) is 3.29. The lowest BCUT2D eigenvalue weighted by Gasteiger charge is -2.40. The molecular weight excluding hydrogens is 170 g/mol. The Morgan fingerprint density at radius 2 is 2.18 bits per heavy atom. The molecule has 0 unspecified atom stereocenters. The van der Waals surface area contributed by atoms with Gasteiger partial charge in [0.05, 0.1) is 6.10 Å². The van der Waals surface area contributed by atoms with E-state index in [9.17, 15) is 4.79 Å². The van der Waals surface area contributed by atoms with Crippen molar-refractivity contribution in [3.8, 4) is 0 Å². The van der Waals surface area contributed by atoms with Crippen molar-refractivity contribution in [3.63, 3.8) is 0 Å². The molecular formula is C6H12ClNO3. The highest BCUT2D eigenvalue weighted by atomic mass is 35.5. The number of carboxylic acid groups (broad SMARTS) is 1. The molecule has 0 radical (unpaired) electrons. The predicted octanol–water partition coefficient (Wildman–Crippen LogP) is -0.000900. The zero-order chi connectivity index (χ0) is 7.78. The second-order valence-electron chi connectivity index (χ2n) is 2.73. The smallest absolute Gasteiger partial charge is 0.323 e. The first-order valence-electron chi connectivity index (χ1n) is 3.13. The number of hydrogen-bond acceptors (Lipinski definition) is 3. The molecule has 0 aliphatic heterocycles. The second kappa shape index (κ2) is 3.38. The minimum atomic E-state index is -1.01. The zero-order valence-corrected chi connectivity index (χ0v) is 7.06. The quantitative estimate of drug-likeness (QED) is 0.629. The summed E-state index contributed by atoms with van der Waals surface area (Å²) < 4.78 is 4.89. The van der Waals surface area contributed by atoms with E-state index in [-0.39, 0.29) is 18.5 Å². The summed E-state index contributed by atoms with van der Waals surface area (Å²) in [5.41, 5.74) is 4.42. The molecule has 1 aliphatic carbocycles. The topological polar surface area (TPSA) is 72.5 Å². The fourth-order valence-electron chi connectivity index (χ4n) is 1.09. The lowest BCUT2D eigenvalue weighted by molar-refractivity contribution is -0.152. The number of carboxylic acids is 1. The third kappa shape index (κ3) is 1.83. The van der Waals surface area contributed by atoms with Gasteiger partial charge in [0.2, 0.25) is 0 Å². The van der Waals surface area contributed by atoms with E-state index in [1.807, 2.05) is 0 Å². The van der Waals surface area contributed by atoms with Crippen molar-refractivity contribution in [2.45, 2.75) is 24.5 Å². The lowest BCUT2D eigenvalue weighted by Crippen LogP contribution is -2.60. The van der Waals surface area contributed by atoms with Gasteiger partial charge in [-0.25, -0.2) is 0 Å². The zero-order valence-electron chi connectivity index (χ0n) is 6.24. The van der Waals surface area contributed by atoms with E-state index < -0.39 is 11.5 Å². The Hall–Kier alpha value is -0.320. The van der Waals surface area contributed by atoms with E-state index in [1.165, 1.54) is 0 Å². The molecule has 1 aliphatic rings. The van der Waals surface area contributed by atoms with Crippen molar-refractivity contribution in [2.75, 3.05) is 7.11 Å². The molecule has 66 valence electrons. The first-order chi connectivity index (χ1) is 4.58. The molecule has 0 aromatic carbocycles. The van der Waals surface area contributed by atoms with Gasteiger partial charge < -0.3 is 15.6 Å². The second-order valence-corrected chi connectivity index (χ2v) is 2.73. The van der Waals surface area contributed by atoms with Crippen molar-refractivity contribution in [2.24, 2.45) is 5.73 Å². The molecule has 0 aromatic rings. The number of nitrogens with two attached hydrogens (primary N) is 1. The normalized spacial score (nSPS) is 35.3. The summed E-state index contributed by atoms with van der Waals surface area (Å²) >= 11 is 0. The van der Waals surface area contributed by atoms with Crippen LogP contribution in [0.5, 0.6) is 0 Å². The van der Waals surface area contributed by atoms with Crippen LogP contribution >= 0.6 is 12.4 Å². The molecule has 5 heteroatoms. The summed E-state index contributed by atoms with van der Waals surface area (Å²) in [5.74, 6) is -0.930. The van der Waals surface area contributed by atoms with Crippen LogP contribution in [0.15, 0.2) is 0 Å². The number of halogens is 1. The molecule has 1 rings (SSSR count). The van der Waals surface area contributed by atoms with Crippen LogP contribution in [0, 0.1) is 0 Å². The van der Waals surface area contributed by atoms with Crippen molar-refractivity contribution in [3.05, 3.63) is 0 Å². The molecule has 4 nitrogen and oxygen atoms in total. The Morgan fingerprint density at radius 1 is 1.73 bits per heavy atom. The van der Waals surface area contributed by atoms with Gasteiger partial charge in [-0.2, -0.15) is 0 Å². The Labute approximate surface area is 71.1 Å². The number of ether oxygens (including phenoxy) is 1. The third-order valence-electron chi connectivity index (χ3n) is 1.94. The van der Waals surface area contributed by atoms with Crippen LogP contribution in [0.1, 0.15) is 12.8 Å². The maximum atomic E-state index is 10.4. The van der Waals surface area contributed by atoms with E-state index in [2.05, 4.69) is 0 Å². The van der Waals surface area contributed by atoms with Gasteiger partial charge in [-0.3, -0.25) is 4.79 Å². The van der Waals surface area contributed by atoms with E-state index in [0.717, 1.165) is 0 Å². The van der Waals surface area contributed by atoms with Gasteiger partial charge in [0.1, 0.15) is 5.54 Å². The molecule has 0 aromatic heterocycles. The number of hydrogen-bond donors (Lipinski definition) is 2. The van der Waals surface area contributed by atoms with Gasteiger partial charge in [-0.05, 0) is 0 Å². The molecule has 0 saturated heterocycles. The van der Waals surface area contributed by atoms with Crippen LogP contribution in [0.3, 0.4) is 0 Å². The first-order valence-corrected chi connectivity index (χ1v) is 3.13. The van der Waals surface area contributed by atoms with Crippen LogP contribution < -0.4 is 5.73 Å². The average Bonchev–Trinajstić information content (AvgIpc) is 1.80. The van der Waals surface area contributed by atoms with Crippen molar-refractivity contribution >= 4 is 18.4 Å². The van der Waals surface area contributed by atoms with Gasteiger partial charge in [-0.1, -0.05) is 0 Å². The maximum Gasteiger partial charge on any atom is 0.323 e. The fourth-order valence-corrected chi connectivity index (χ4v) is 1.09. The lowest BCUT2D eigenvalue weighted by atomic mass is 9.75. The van der Waals surface area contributed by atoms with Crippen LogP contribution in [0.25, 0.3) is 0 Å². The van der Waals surface area contributed by atoms with Crippen LogP contribution in [0.4, 0.5) is 0 Å². The molecule has 0 atom stereocenters. The highest BCUT2D eigenvalue weighted by Gasteiger charge is 2.47. The largest absolute Gasteiger partial charge is 0.480 e. The third-order valence-corrected chi connectivity index (χ3v) is 1.94. The van der Waals surface area contributed by atoms with E-state index in [1.54, 1.807) is 7.11 Å². The minimum Gasteiger partial charge on any atom is -0.480 e. The predicted molar refractivity (Wildman–Crippen MR) is 41.8 cm³/mol. The Balaban J connectivity index is 0.000001000. The number of methoxy groups -OCH3 is 1. The van der Waals surface area contributed by atoms with Gasteiger partial charge in [0.25, 0.3) is 0 Å². The maximum absolute atomic E-state index is 10.4. The van der Waals surface area contributed by atoms with Gasteiger partial charge in [0.15, 0.2) is 0 Å². The molecule has 0 heterocycles. The van der Waals surface area contributed by atoms with Crippen molar-refractivity contribution in [1.82, 2.24) is 0 Å². The van der Waals surface area contributed by atoms with Crippen LogP contribution in [0.2, 0.25) is 0 Å². The summed E-state index contributed by atoms with van der Waals surface area (Å²) in [6.45, 7) is 0. The van der Waals surface area contributed by atoms with Crippen LogP contribution in [-0.4, -0.2) is 29.8 Å². The summed E-state index contributed by atoms with van der Waals surface area (Å²) in [5, 5.41) is 8.53. The minimum absolute atomic E-state index is 0. The van der Waals surface area contributed by atoms with Gasteiger partial charge in [0, 0.05) is 20.0 Å². The molecule has 1 fully saturated rings. The number of rotatable bonds is 2. The molecule has 0 spiro atoms. The summed E-state index contributed by atoms with van der Waals surface area (Å²) in [6.07, 6.45) is 0.901. The first kappa shape index (κ1) is 10.7. The molecule has 3 N–H and O–H groups in total. The molecule has 11 heavy (non-hydrogen) atoms. The molecule has 0 amide bonds. The summed E-state index contributed by atoms with van der Waals surface area (Å²) in [6, 6.07) is 0. The summed E-state index contributed by atoms with van der Waals surface area (Å²) in [4.78, 5) is 10.4. The van der Waals surface area contributed by atoms with E-state index in [4.69, 9.17) is 15.6 Å². The fraction of sp³-hybridized carbons (Fsp3) is 0.833. The highest BCUT2D eigenvalue weighted by molar-refractivity contribution is 5.85. The van der Waals surface area contributed by atoms with E-state index >= 15 is 0 Å². The standard InChI is InChI=1S/C6H11NO3.ClH/c1-10-4-2-6(7,3-4)5(8)9;/h4H,2-3,7H2,1H3,(H,8,9);1H. The summed E-state index contributed by atoms with van der Waals surface area (Å²) in [7, 11) is 1.56. The number of aliphatic carboxylic acids is 1. The average molecular weight is 182 g/mol. The van der Waals surface area contributed by atoms with Gasteiger partial charge >= 0.3 is 5.97 Å². The number of carbonyl (C=O) groups is 1. The monoisotopic (exact) mass is 181 g/mol. The Bertz CT molecular complexity index is 156. The SMILES string of the molecule is COC1CC(N)(C(=O)O)C1.Cl.